The number of allylic oxidation sites excluding steroid dienone is 2. The highest BCUT2D eigenvalue weighted by Crippen LogP contribution is 2.41. The molecule has 0 heterocycles. The van der Waals surface area contributed by atoms with Crippen molar-refractivity contribution in [3.05, 3.63) is 48.0 Å². The lowest BCUT2D eigenvalue weighted by atomic mass is 9.72. The zero-order valence-electron chi connectivity index (χ0n) is 13.4. The lowest BCUT2D eigenvalue weighted by Crippen LogP contribution is -2.46. The number of carbonyl (C=O) groups is 2. The van der Waals surface area contributed by atoms with E-state index in [-0.39, 0.29) is 12.3 Å². The molecule has 1 unspecified atom stereocenters. The highest BCUT2D eigenvalue weighted by Gasteiger charge is 2.53. The minimum atomic E-state index is -1.40. The van der Waals surface area contributed by atoms with Crippen molar-refractivity contribution in [2.24, 2.45) is 11.3 Å². The Bertz CT molecular complexity index is 633. The minimum Gasteiger partial charge on any atom is -0.468 e. The Labute approximate surface area is 136 Å². The summed E-state index contributed by atoms with van der Waals surface area (Å²) in [5, 5.41) is 0. The highest BCUT2D eigenvalue weighted by atomic mass is 16.5. The van der Waals surface area contributed by atoms with Crippen molar-refractivity contribution in [2.75, 3.05) is 14.2 Å². The number of hydrogen-bond donors (Lipinski definition) is 0. The normalized spacial score (nSPS) is 16.3. The zero-order chi connectivity index (χ0) is 16.7. The van der Waals surface area contributed by atoms with Crippen LogP contribution in [-0.4, -0.2) is 26.2 Å². The minimum absolute atomic E-state index is 0.0657. The largest absolute Gasteiger partial charge is 0.468 e. The summed E-state index contributed by atoms with van der Waals surface area (Å²) in [5.74, 6) is 4.51. The Hall–Kier alpha value is -2.54. The van der Waals surface area contributed by atoms with E-state index in [1.54, 1.807) is 0 Å². The molecule has 1 aliphatic rings. The summed E-state index contributed by atoms with van der Waals surface area (Å²) in [4.78, 5) is 24.9. The van der Waals surface area contributed by atoms with E-state index in [2.05, 4.69) is 11.8 Å². The monoisotopic (exact) mass is 312 g/mol. The van der Waals surface area contributed by atoms with Crippen LogP contribution in [0.15, 0.2) is 42.5 Å². The molecule has 2 rings (SSSR count). The lowest BCUT2D eigenvalue weighted by Gasteiger charge is -2.31. The van der Waals surface area contributed by atoms with Gasteiger partial charge in [0.1, 0.15) is 0 Å². The van der Waals surface area contributed by atoms with E-state index in [4.69, 9.17) is 9.47 Å². The van der Waals surface area contributed by atoms with Crippen molar-refractivity contribution in [2.45, 2.75) is 19.3 Å². The van der Waals surface area contributed by atoms with Crippen LogP contribution in [0.2, 0.25) is 0 Å². The van der Waals surface area contributed by atoms with E-state index in [1.807, 2.05) is 42.5 Å². The Morgan fingerprint density at radius 2 is 1.83 bits per heavy atom. The van der Waals surface area contributed by atoms with Gasteiger partial charge < -0.3 is 9.47 Å². The third-order valence-electron chi connectivity index (χ3n) is 4.12. The van der Waals surface area contributed by atoms with Gasteiger partial charge in [0.15, 0.2) is 5.41 Å². The number of rotatable bonds is 4. The molecule has 0 bridgehead atoms. The van der Waals surface area contributed by atoms with E-state index in [0.29, 0.717) is 6.42 Å². The number of carbonyl (C=O) groups excluding carboxylic acids is 2. The number of methoxy groups -OCH3 is 2. The van der Waals surface area contributed by atoms with Gasteiger partial charge in [0, 0.05) is 17.9 Å². The fraction of sp³-hybridized carbons (Fsp3) is 0.368. The van der Waals surface area contributed by atoms with E-state index >= 15 is 0 Å². The first kappa shape index (κ1) is 16.8. The molecule has 0 fully saturated rings. The first-order valence-corrected chi connectivity index (χ1v) is 7.52. The van der Waals surface area contributed by atoms with Gasteiger partial charge in [-0.3, -0.25) is 9.59 Å². The maximum Gasteiger partial charge on any atom is 0.324 e. The molecule has 0 amide bonds. The van der Waals surface area contributed by atoms with Gasteiger partial charge in [-0.2, -0.15) is 0 Å². The fourth-order valence-electron chi connectivity index (χ4n) is 2.88. The van der Waals surface area contributed by atoms with Gasteiger partial charge in [0.2, 0.25) is 0 Å². The third-order valence-corrected chi connectivity index (χ3v) is 4.12. The molecule has 0 N–H and O–H groups in total. The van der Waals surface area contributed by atoms with Crippen LogP contribution in [0, 0.1) is 23.2 Å². The first-order valence-electron chi connectivity index (χ1n) is 7.52. The van der Waals surface area contributed by atoms with E-state index in [0.717, 1.165) is 12.0 Å². The van der Waals surface area contributed by atoms with Gasteiger partial charge in [-0.15, -0.1) is 0 Å². The number of benzene rings is 1. The Balaban J connectivity index is 2.36. The maximum atomic E-state index is 12.4. The molecule has 0 saturated carbocycles. The molecule has 0 aliphatic heterocycles. The molecule has 4 heteroatoms. The average molecular weight is 312 g/mol. The number of hydrogen-bond acceptors (Lipinski definition) is 4. The van der Waals surface area contributed by atoms with Crippen molar-refractivity contribution in [3.63, 3.8) is 0 Å². The number of esters is 2. The molecule has 120 valence electrons. The molecule has 0 saturated heterocycles. The Morgan fingerprint density at radius 1 is 1.17 bits per heavy atom. The molecule has 1 aromatic rings. The second kappa shape index (κ2) is 7.64. The lowest BCUT2D eigenvalue weighted by molar-refractivity contribution is -0.172. The molecule has 1 atom stereocenters. The van der Waals surface area contributed by atoms with Crippen LogP contribution in [0.1, 0.15) is 24.8 Å². The highest BCUT2D eigenvalue weighted by molar-refractivity contribution is 6.01. The number of ether oxygens (including phenoxy) is 2. The Morgan fingerprint density at radius 3 is 2.35 bits per heavy atom. The van der Waals surface area contributed by atoms with Crippen LogP contribution in [0.4, 0.5) is 0 Å². The standard InChI is InChI=1S/C19H20O4/c1-22-17(20)19(18(21)23-2,16-12-6-7-13-16)14-8-11-15-9-4-3-5-10-15/h3-6,9-10,12,16H,7,13-14H2,1-2H3. The molecule has 0 aromatic heterocycles. The summed E-state index contributed by atoms with van der Waals surface area (Å²) in [6, 6.07) is 9.43. The summed E-state index contributed by atoms with van der Waals surface area (Å²) >= 11 is 0. The topological polar surface area (TPSA) is 52.6 Å². The van der Waals surface area contributed by atoms with Crippen molar-refractivity contribution in [3.8, 4) is 11.8 Å². The molecule has 0 spiro atoms. The predicted octanol–water partition coefficient (Wildman–Crippen LogP) is 2.73. The van der Waals surface area contributed by atoms with Gasteiger partial charge in [0.05, 0.1) is 14.2 Å². The van der Waals surface area contributed by atoms with Crippen LogP contribution >= 0.6 is 0 Å². The van der Waals surface area contributed by atoms with Crippen LogP contribution in [0.25, 0.3) is 0 Å². The second-order valence-electron chi connectivity index (χ2n) is 5.41. The van der Waals surface area contributed by atoms with E-state index in [1.165, 1.54) is 14.2 Å². The predicted molar refractivity (Wildman–Crippen MR) is 86.3 cm³/mol. The van der Waals surface area contributed by atoms with Crippen LogP contribution in [0.5, 0.6) is 0 Å². The molecular formula is C19H20O4. The van der Waals surface area contributed by atoms with Crippen molar-refractivity contribution in [1.82, 2.24) is 0 Å². The molecule has 1 aromatic carbocycles. The Kier molecular flexibility index (Phi) is 5.59. The molecule has 23 heavy (non-hydrogen) atoms. The van der Waals surface area contributed by atoms with E-state index in [9.17, 15) is 9.59 Å². The van der Waals surface area contributed by atoms with Crippen molar-refractivity contribution in [1.29, 1.82) is 0 Å². The first-order chi connectivity index (χ1) is 11.1. The zero-order valence-corrected chi connectivity index (χ0v) is 13.4. The van der Waals surface area contributed by atoms with Crippen molar-refractivity contribution < 1.29 is 19.1 Å². The third kappa shape index (κ3) is 3.45. The summed E-state index contributed by atoms with van der Waals surface area (Å²) in [6.45, 7) is 0. The van der Waals surface area contributed by atoms with Gasteiger partial charge in [-0.05, 0) is 25.0 Å². The fourth-order valence-corrected chi connectivity index (χ4v) is 2.88. The molecule has 1 aliphatic carbocycles. The van der Waals surface area contributed by atoms with Gasteiger partial charge >= 0.3 is 11.9 Å². The molecule has 4 nitrogen and oxygen atoms in total. The smallest absolute Gasteiger partial charge is 0.324 e. The van der Waals surface area contributed by atoms with Gasteiger partial charge in [-0.1, -0.05) is 42.2 Å². The average Bonchev–Trinajstić information content (AvgIpc) is 3.13. The van der Waals surface area contributed by atoms with Crippen LogP contribution < -0.4 is 0 Å². The van der Waals surface area contributed by atoms with Gasteiger partial charge in [-0.25, -0.2) is 0 Å². The summed E-state index contributed by atoms with van der Waals surface area (Å²) in [5.41, 5.74) is -0.573. The van der Waals surface area contributed by atoms with Crippen LogP contribution in [-0.2, 0) is 19.1 Å². The SMILES string of the molecule is COC(=O)C(CC#Cc1ccccc1)(C(=O)OC)C1C=CCC1. The van der Waals surface area contributed by atoms with Crippen LogP contribution in [0.3, 0.4) is 0 Å². The molecular weight excluding hydrogens is 292 g/mol. The van der Waals surface area contributed by atoms with E-state index < -0.39 is 17.4 Å². The maximum absolute atomic E-state index is 12.4. The van der Waals surface area contributed by atoms with Gasteiger partial charge in [0.25, 0.3) is 0 Å². The summed E-state index contributed by atoms with van der Waals surface area (Å²) in [7, 11) is 2.56. The summed E-state index contributed by atoms with van der Waals surface area (Å²) < 4.78 is 9.82. The quantitative estimate of drug-likeness (QED) is 0.371. The van der Waals surface area contributed by atoms with Crippen molar-refractivity contribution >= 4 is 11.9 Å². The summed E-state index contributed by atoms with van der Waals surface area (Å²) in [6.07, 6.45) is 5.45. The molecule has 0 radical (unpaired) electrons. The second-order valence-corrected chi connectivity index (χ2v) is 5.41.